The number of allylic oxidation sites excluding steroid dienone is 1. The minimum Gasteiger partial charge on any atom is -0.0802 e. The summed E-state index contributed by atoms with van der Waals surface area (Å²) in [6.07, 6.45) is 8.05. The fraction of sp³-hybridized carbons (Fsp3) is 0.250. The Morgan fingerprint density at radius 3 is 2.67 bits per heavy atom. The highest BCUT2D eigenvalue weighted by atomic mass is 14.1. The minimum atomic E-state index is 0.639. The third-order valence-electron chi connectivity index (χ3n) is 2.38. The van der Waals surface area contributed by atoms with Gasteiger partial charge in [0.25, 0.3) is 0 Å². The first-order valence-corrected chi connectivity index (χ1v) is 4.52. The zero-order valence-electron chi connectivity index (χ0n) is 7.33. The molecule has 1 radical (unpaired) electrons. The summed E-state index contributed by atoms with van der Waals surface area (Å²) in [5.74, 6) is 0.639. The Morgan fingerprint density at radius 1 is 1.17 bits per heavy atom. The zero-order chi connectivity index (χ0) is 8.39. The fourth-order valence-corrected chi connectivity index (χ4v) is 1.58. The summed E-state index contributed by atoms with van der Waals surface area (Å²) in [6.45, 7) is 2.22. The van der Waals surface area contributed by atoms with E-state index in [-0.39, 0.29) is 0 Å². The van der Waals surface area contributed by atoms with Gasteiger partial charge in [-0.05, 0) is 29.9 Å². The predicted octanol–water partition coefficient (Wildman–Crippen LogP) is 3.29. The summed E-state index contributed by atoms with van der Waals surface area (Å²) < 4.78 is 0. The standard InChI is InChI=1S/C12H13/c1-2-10-7-8-11-5-3-4-6-12(11)9-10/h3-10H,2H2,1H3. The Morgan fingerprint density at radius 2 is 1.92 bits per heavy atom. The molecule has 2 rings (SSSR count). The summed E-state index contributed by atoms with van der Waals surface area (Å²) in [6, 6.07) is 8.53. The van der Waals surface area contributed by atoms with Crippen molar-refractivity contribution in [2.24, 2.45) is 5.92 Å². The third-order valence-corrected chi connectivity index (χ3v) is 2.38. The topological polar surface area (TPSA) is 0 Å². The van der Waals surface area contributed by atoms with E-state index in [1.54, 1.807) is 0 Å². The highest BCUT2D eigenvalue weighted by Crippen LogP contribution is 2.25. The summed E-state index contributed by atoms with van der Waals surface area (Å²) in [7, 11) is 0. The predicted molar refractivity (Wildman–Crippen MR) is 52.7 cm³/mol. The molecule has 0 bridgehead atoms. The molecule has 12 heavy (non-hydrogen) atoms. The van der Waals surface area contributed by atoms with Crippen molar-refractivity contribution in [1.82, 2.24) is 0 Å². The summed E-state index contributed by atoms with van der Waals surface area (Å²) >= 11 is 0. The van der Waals surface area contributed by atoms with E-state index in [1.165, 1.54) is 17.5 Å². The van der Waals surface area contributed by atoms with E-state index in [0.29, 0.717) is 5.92 Å². The largest absolute Gasteiger partial charge is 0.0802 e. The molecule has 0 N–H and O–H groups in total. The third kappa shape index (κ3) is 1.29. The van der Waals surface area contributed by atoms with Crippen molar-refractivity contribution < 1.29 is 0 Å². The van der Waals surface area contributed by atoms with Crippen LogP contribution < -0.4 is 0 Å². The first kappa shape index (κ1) is 7.60. The van der Waals surface area contributed by atoms with Gasteiger partial charge in [-0.15, -0.1) is 0 Å². The molecule has 0 spiro atoms. The van der Waals surface area contributed by atoms with Crippen LogP contribution in [0.5, 0.6) is 0 Å². The maximum atomic E-state index is 2.34. The lowest BCUT2D eigenvalue weighted by Crippen LogP contribution is -2.02. The Balaban J connectivity index is 2.33. The van der Waals surface area contributed by atoms with Gasteiger partial charge in [0.1, 0.15) is 0 Å². The summed E-state index contributed by atoms with van der Waals surface area (Å²) in [5, 5.41) is 0. The Kier molecular flexibility index (Phi) is 1.99. The second-order valence-corrected chi connectivity index (χ2v) is 3.23. The lowest BCUT2D eigenvalue weighted by molar-refractivity contribution is 0.729. The van der Waals surface area contributed by atoms with E-state index in [0.717, 1.165) is 0 Å². The second-order valence-electron chi connectivity index (χ2n) is 3.23. The monoisotopic (exact) mass is 157 g/mol. The van der Waals surface area contributed by atoms with Gasteiger partial charge < -0.3 is 0 Å². The zero-order valence-corrected chi connectivity index (χ0v) is 7.33. The molecule has 1 aromatic rings. The van der Waals surface area contributed by atoms with E-state index < -0.39 is 0 Å². The van der Waals surface area contributed by atoms with Gasteiger partial charge >= 0.3 is 0 Å². The van der Waals surface area contributed by atoms with Crippen LogP contribution in [-0.2, 0) is 0 Å². The van der Waals surface area contributed by atoms with Crippen molar-refractivity contribution in [2.75, 3.05) is 0 Å². The molecule has 0 saturated heterocycles. The molecule has 0 nitrogen and oxygen atoms in total. The molecule has 0 heterocycles. The molecule has 0 aliphatic heterocycles. The smallest absolute Gasteiger partial charge is 0.00184 e. The number of rotatable bonds is 1. The van der Waals surface area contributed by atoms with Crippen LogP contribution in [0.4, 0.5) is 0 Å². The van der Waals surface area contributed by atoms with Crippen molar-refractivity contribution in [3.05, 3.63) is 47.9 Å². The molecular formula is C12H13. The van der Waals surface area contributed by atoms with Crippen molar-refractivity contribution in [2.45, 2.75) is 13.3 Å². The number of hydrogen-bond acceptors (Lipinski definition) is 0. The minimum absolute atomic E-state index is 0.639. The average molecular weight is 157 g/mol. The van der Waals surface area contributed by atoms with Crippen LogP contribution >= 0.6 is 0 Å². The molecule has 1 unspecified atom stereocenters. The molecule has 1 aliphatic rings. The number of benzene rings is 1. The van der Waals surface area contributed by atoms with E-state index in [4.69, 9.17) is 0 Å². The highest BCUT2D eigenvalue weighted by Gasteiger charge is 2.10. The SMILES string of the molecule is CCC1[CH]c2ccccc2C=C1. The maximum absolute atomic E-state index is 2.34. The Bertz CT molecular complexity index is 297. The molecular weight excluding hydrogens is 144 g/mol. The molecule has 0 heteroatoms. The molecule has 1 atom stereocenters. The summed E-state index contributed by atoms with van der Waals surface area (Å²) in [4.78, 5) is 0. The normalized spacial score (nSPS) is 20.6. The van der Waals surface area contributed by atoms with Crippen molar-refractivity contribution in [3.8, 4) is 0 Å². The molecule has 61 valence electrons. The van der Waals surface area contributed by atoms with Gasteiger partial charge in [0.05, 0.1) is 0 Å². The molecule has 0 saturated carbocycles. The number of hydrogen-bond donors (Lipinski definition) is 0. The fourth-order valence-electron chi connectivity index (χ4n) is 1.58. The Labute approximate surface area is 73.9 Å². The van der Waals surface area contributed by atoms with Crippen LogP contribution in [0.2, 0.25) is 0 Å². The maximum Gasteiger partial charge on any atom is -0.00184 e. The van der Waals surface area contributed by atoms with Crippen LogP contribution in [-0.4, -0.2) is 0 Å². The quantitative estimate of drug-likeness (QED) is 0.586. The van der Waals surface area contributed by atoms with E-state index >= 15 is 0 Å². The van der Waals surface area contributed by atoms with Gasteiger partial charge in [-0.2, -0.15) is 0 Å². The lowest BCUT2D eigenvalue weighted by atomic mass is 9.88. The van der Waals surface area contributed by atoms with E-state index in [1.807, 2.05) is 0 Å². The van der Waals surface area contributed by atoms with Crippen molar-refractivity contribution in [1.29, 1.82) is 0 Å². The van der Waals surface area contributed by atoms with Gasteiger partial charge in [-0.3, -0.25) is 0 Å². The molecule has 0 amide bonds. The van der Waals surface area contributed by atoms with Crippen LogP contribution in [0.3, 0.4) is 0 Å². The van der Waals surface area contributed by atoms with Crippen LogP contribution in [0.1, 0.15) is 24.5 Å². The van der Waals surface area contributed by atoms with Gasteiger partial charge in [-0.1, -0.05) is 43.3 Å². The van der Waals surface area contributed by atoms with Gasteiger partial charge in [0.2, 0.25) is 0 Å². The van der Waals surface area contributed by atoms with Crippen molar-refractivity contribution in [3.63, 3.8) is 0 Å². The van der Waals surface area contributed by atoms with Crippen LogP contribution in [0.15, 0.2) is 30.3 Å². The summed E-state index contributed by atoms with van der Waals surface area (Å²) in [5.41, 5.74) is 2.73. The van der Waals surface area contributed by atoms with E-state index in [2.05, 4.69) is 49.8 Å². The van der Waals surface area contributed by atoms with Gasteiger partial charge in [0, 0.05) is 0 Å². The average Bonchev–Trinajstić information content (AvgIpc) is 2.17. The first-order valence-electron chi connectivity index (χ1n) is 4.52. The molecule has 1 aromatic carbocycles. The Hall–Kier alpha value is -1.04. The van der Waals surface area contributed by atoms with Gasteiger partial charge in [0.15, 0.2) is 0 Å². The highest BCUT2D eigenvalue weighted by molar-refractivity contribution is 5.59. The first-order chi connectivity index (χ1) is 5.90. The molecule has 0 fully saturated rings. The molecule has 0 aromatic heterocycles. The second kappa shape index (κ2) is 3.14. The van der Waals surface area contributed by atoms with E-state index in [9.17, 15) is 0 Å². The number of fused-ring (bicyclic) bond motifs is 1. The van der Waals surface area contributed by atoms with Crippen LogP contribution in [0, 0.1) is 12.3 Å². The molecule has 1 aliphatic carbocycles. The lowest BCUT2D eigenvalue weighted by Gasteiger charge is -2.16. The van der Waals surface area contributed by atoms with Crippen molar-refractivity contribution >= 4 is 6.08 Å². The van der Waals surface area contributed by atoms with Gasteiger partial charge in [-0.25, -0.2) is 0 Å². The van der Waals surface area contributed by atoms with Crippen LogP contribution in [0.25, 0.3) is 6.08 Å².